The van der Waals surface area contributed by atoms with Crippen LogP contribution in [0.15, 0.2) is 27.8 Å². The van der Waals surface area contributed by atoms with Crippen molar-refractivity contribution in [1.29, 1.82) is 0 Å². The normalized spacial score (nSPS) is 12.3. The smallest absolute Gasteiger partial charge is 0.272 e. The first-order chi connectivity index (χ1) is 10.0. The lowest BCUT2D eigenvalue weighted by Crippen LogP contribution is -2.36. The van der Waals surface area contributed by atoms with Crippen LogP contribution in [0, 0.1) is 0 Å². The number of hydrogen-bond acceptors (Lipinski definition) is 4. The Balaban J connectivity index is 2.35. The molecular weight excluding hydrogens is 272 g/mol. The maximum atomic E-state index is 12.0. The van der Waals surface area contributed by atoms with E-state index >= 15 is 0 Å². The summed E-state index contributed by atoms with van der Waals surface area (Å²) in [6, 6.07) is 4.06. The molecule has 1 heterocycles. The van der Waals surface area contributed by atoms with Gasteiger partial charge in [-0.2, -0.15) is 0 Å². The predicted octanol–water partition coefficient (Wildman–Crippen LogP) is 0.672. The van der Waals surface area contributed by atoms with Gasteiger partial charge in [0.15, 0.2) is 0 Å². The van der Waals surface area contributed by atoms with Crippen molar-refractivity contribution in [3.63, 3.8) is 0 Å². The molecule has 2 aromatic rings. The maximum absolute atomic E-state index is 12.0. The number of benzene rings is 1. The van der Waals surface area contributed by atoms with E-state index in [-0.39, 0.29) is 22.4 Å². The van der Waals surface area contributed by atoms with Crippen molar-refractivity contribution in [2.45, 2.75) is 32.2 Å². The molecule has 2 rings (SSSR count). The first-order valence-electron chi connectivity index (χ1n) is 6.84. The van der Waals surface area contributed by atoms with Gasteiger partial charge >= 0.3 is 0 Å². The minimum Gasteiger partial charge on any atom is -0.324 e. The van der Waals surface area contributed by atoms with Gasteiger partial charge in [-0.15, -0.1) is 0 Å². The Bertz CT molecular complexity index is 763. The number of fused-ring (bicyclic) bond motifs is 1. The third-order valence-corrected chi connectivity index (χ3v) is 3.29. The number of nitrogens with two attached hydrogens (primary N) is 1. The van der Waals surface area contributed by atoms with Crippen molar-refractivity contribution in [2.75, 3.05) is 5.32 Å². The third kappa shape index (κ3) is 3.19. The summed E-state index contributed by atoms with van der Waals surface area (Å²) in [5.41, 5.74) is 5.20. The molecule has 0 aliphatic rings. The average Bonchev–Trinajstić information content (AvgIpc) is 2.48. The highest BCUT2D eigenvalue weighted by Crippen LogP contribution is 2.17. The number of rotatable bonds is 5. The second-order valence-electron chi connectivity index (χ2n) is 4.87. The molecule has 21 heavy (non-hydrogen) atoms. The molecule has 0 fully saturated rings. The highest BCUT2D eigenvalue weighted by Gasteiger charge is 2.15. The van der Waals surface area contributed by atoms with Gasteiger partial charge in [0.2, 0.25) is 5.91 Å². The van der Waals surface area contributed by atoms with Crippen molar-refractivity contribution in [3.8, 4) is 0 Å². The molecule has 0 aliphatic carbocycles. The lowest BCUT2D eigenvalue weighted by molar-refractivity contribution is -0.117. The number of unbranched alkanes of at least 4 members (excludes halogenated alkanes) is 1. The minimum atomic E-state index is -0.638. The summed E-state index contributed by atoms with van der Waals surface area (Å²) < 4.78 is 0. The molecule has 1 atom stereocenters. The quantitative estimate of drug-likeness (QED) is 0.646. The van der Waals surface area contributed by atoms with E-state index in [9.17, 15) is 14.4 Å². The van der Waals surface area contributed by atoms with Crippen LogP contribution in [-0.4, -0.2) is 22.1 Å². The molecule has 7 nitrogen and oxygen atoms in total. The van der Waals surface area contributed by atoms with Gasteiger partial charge in [0, 0.05) is 0 Å². The molecule has 112 valence electrons. The van der Waals surface area contributed by atoms with Crippen molar-refractivity contribution >= 4 is 22.4 Å². The molecule has 0 saturated heterocycles. The molecule has 0 unspecified atom stereocenters. The summed E-state index contributed by atoms with van der Waals surface area (Å²) >= 11 is 0. The Morgan fingerprint density at radius 2 is 2.00 bits per heavy atom. The van der Waals surface area contributed by atoms with Gasteiger partial charge in [-0.3, -0.25) is 24.6 Å². The van der Waals surface area contributed by atoms with Crippen molar-refractivity contribution < 1.29 is 4.79 Å². The van der Waals surface area contributed by atoms with Crippen LogP contribution >= 0.6 is 0 Å². The van der Waals surface area contributed by atoms with Crippen molar-refractivity contribution in [3.05, 3.63) is 38.9 Å². The third-order valence-electron chi connectivity index (χ3n) is 3.29. The number of anilines is 1. The number of amides is 1. The fraction of sp³-hybridized carbons (Fsp3) is 0.357. The number of nitrogens with one attached hydrogen (secondary N) is 3. The van der Waals surface area contributed by atoms with E-state index < -0.39 is 17.2 Å². The van der Waals surface area contributed by atoms with E-state index in [0.717, 1.165) is 12.8 Å². The fourth-order valence-corrected chi connectivity index (χ4v) is 2.11. The molecule has 0 spiro atoms. The molecule has 0 bridgehead atoms. The molecule has 1 amide bonds. The Kier molecular flexibility index (Phi) is 4.54. The molecule has 1 aromatic carbocycles. The SMILES string of the molecule is CCCC[C@H](N)C(=O)Nc1cccc2c(=O)[nH][nH]c(=O)c12. The molecule has 0 aliphatic heterocycles. The second-order valence-corrected chi connectivity index (χ2v) is 4.87. The van der Waals surface area contributed by atoms with Gasteiger partial charge in [-0.05, 0) is 18.6 Å². The topological polar surface area (TPSA) is 121 Å². The molecular formula is C14H18N4O3. The number of H-pyrrole nitrogens is 2. The highest BCUT2D eigenvalue weighted by atomic mass is 16.2. The van der Waals surface area contributed by atoms with E-state index in [0.29, 0.717) is 6.42 Å². The standard InChI is InChI=1S/C14H18N4O3/c1-2-3-6-9(15)13(20)16-10-7-4-5-8-11(10)14(21)18-17-12(8)19/h4-5,7,9H,2-3,6,15H2,1H3,(H,16,20)(H,17,19)(H,18,21)/t9-/m0/s1. The number of carbonyl (C=O) groups is 1. The molecule has 1 aromatic heterocycles. The van der Waals surface area contributed by atoms with Gasteiger partial charge in [0.1, 0.15) is 0 Å². The lowest BCUT2D eigenvalue weighted by atomic mass is 10.1. The lowest BCUT2D eigenvalue weighted by Gasteiger charge is -2.12. The molecule has 0 radical (unpaired) electrons. The van der Waals surface area contributed by atoms with Gasteiger partial charge < -0.3 is 11.1 Å². The number of aromatic amines is 2. The van der Waals surface area contributed by atoms with Crippen LogP contribution in [0.3, 0.4) is 0 Å². The van der Waals surface area contributed by atoms with E-state index in [1.165, 1.54) is 6.07 Å². The van der Waals surface area contributed by atoms with Crippen LogP contribution < -0.4 is 22.2 Å². The van der Waals surface area contributed by atoms with Gasteiger partial charge in [0.25, 0.3) is 11.1 Å². The van der Waals surface area contributed by atoms with Crippen LogP contribution in [0.5, 0.6) is 0 Å². The Morgan fingerprint density at radius 1 is 1.29 bits per heavy atom. The monoisotopic (exact) mass is 290 g/mol. The summed E-state index contributed by atoms with van der Waals surface area (Å²) in [6.07, 6.45) is 2.37. The zero-order chi connectivity index (χ0) is 15.4. The Morgan fingerprint density at radius 3 is 2.71 bits per heavy atom. The van der Waals surface area contributed by atoms with Crippen LogP contribution in [0.1, 0.15) is 26.2 Å². The van der Waals surface area contributed by atoms with Gasteiger partial charge in [-0.1, -0.05) is 25.8 Å². The average molecular weight is 290 g/mol. The number of hydrogen-bond donors (Lipinski definition) is 4. The van der Waals surface area contributed by atoms with E-state index in [1.54, 1.807) is 12.1 Å². The first kappa shape index (κ1) is 15.0. The summed E-state index contributed by atoms with van der Waals surface area (Å²) in [6.45, 7) is 2.02. The summed E-state index contributed by atoms with van der Waals surface area (Å²) in [5, 5.41) is 7.48. The van der Waals surface area contributed by atoms with Crippen LogP contribution in [0.25, 0.3) is 10.8 Å². The highest BCUT2D eigenvalue weighted by molar-refractivity contribution is 6.03. The largest absolute Gasteiger partial charge is 0.324 e. The van der Waals surface area contributed by atoms with Gasteiger partial charge in [-0.25, -0.2) is 0 Å². The van der Waals surface area contributed by atoms with Crippen LogP contribution in [-0.2, 0) is 4.79 Å². The Hall–Kier alpha value is -2.41. The number of aromatic nitrogens is 2. The minimum absolute atomic E-state index is 0.150. The molecule has 7 heteroatoms. The summed E-state index contributed by atoms with van der Waals surface area (Å²) in [7, 11) is 0. The molecule has 5 N–H and O–H groups in total. The van der Waals surface area contributed by atoms with E-state index in [1.807, 2.05) is 6.92 Å². The van der Waals surface area contributed by atoms with E-state index in [2.05, 4.69) is 15.5 Å². The van der Waals surface area contributed by atoms with Crippen molar-refractivity contribution in [2.24, 2.45) is 5.73 Å². The zero-order valence-electron chi connectivity index (χ0n) is 11.7. The summed E-state index contributed by atoms with van der Waals surface area (Å²) in [5.74, 6) is -0.365. The zero-order valence-corrected chi connectivity index (χ0v) is 11.7. The second kappa shape index (κ2) is 6.36. The van der Waals surface area contributed by atoms with Crippen LogP contribution in [0.4, 0.5) is 5.69 Å². The number of carbonyl (C=O) groups excluding carboxylic acids is 1. The van der Waals surface area contributed by atoms with Crippen molar-refractivity contribution in [1.82, 2.24) is 10.2 Å². The predicted molar refractivity (Wildman–Crippen MR) is 81.3 cm³/mol. The van der Waals surface area contributed by atoms with Crippen LogP contribution in [0.2, 0.25) is 0 Å². The maximum Gasteiger partial charge on any atom is 0.272 e. The molecule has 0 saturated carbocycles. The first-order valence-corrected chi connectivity index (χ1v) is 6.84. The Labute approximate surface area is 120 Å². The van der Waals surface area contributed by atoms with Gasteiger partial charge in [0.05, 0.1) is 22.5 Å². The summed E-state index contributed by atoms with van der Waals surface area (Å²) in [4.78, 5) is 35.6. The van der Waals surface area contributed by atoms with E-state index in [4.69, 9.17) is 5.73 Å². The fourth-order valence-electron chi connectivity index (χ4n) is 2.11.